The molecule has 0 aromatic carbocycles. The molecule has 0 bridgehead atoms. The quantitative estimate of drug-likeness (QED) is 0.618. The fourth-order valence-electron chi connectivity index (χ4n) is 2.12. The van der Waals surface area contributed by atoms with E-state index in [4.69, 9.17) is 15.8 Å². The van der Waals surface area contributed by atoms with E-state index in [9.17, 15) is 4.79 Å². The lowest BCUT2D eigenvalue weighted by molar-refractivity contribution is -0.134. The van der Waals surface area contributed by atoms with Crippen LogP contribution in [0, 0.1) is 11.3 Å². The van der Waals surface area contributed by atoms with Crippen molar-refractivity contribution < 1.29 is 9.63 Å². The minimum atomic E-state index is -0.820. The van der Waals surface area contributed by atoms with Gasteiger partial charge in [0.05, 0.1) is 18.0 Å². The van der Waals surface area contributed by atoms with Crippen molar-refractivity contribution in [2.45, 2.75) is 24.9 Å². The molecule has 1 amide bonds. The van der Waals surface area contributed by atoms with Crippen LogP contribution < -0.4 is 5.73 Å². The first-order valence-corrected chi connectivity index (χ1v) is 6.74. The van der Waals surface area contributed by atoms with Crippen LogP contribution in [0.2, 0.25) is 0 Å². The summed E-state index contributed by atoms with van der Waals surface area (Å²) >= 11 is 0. The Morgan fingerprint density at radius 2 is 2.57 bits per heavy atom. The number of carbonyl (C=O) groups excluding carboxylic acids is 1. The highest BCUT2D eigenvalue weighted by atomic mass is 16.6. The molecular weight excluding hydrogens is 270 g/mol. The molecule has 1 aliphatic rings. The van der Waals surface area contributed by atoms with Crippen LogP contribution in [0.25, 0.3) is 0 Å². The molecular formula is C14H17N5O2. The first-order valence-electron chi connectivity index (χ1n) is 6.74. The van der Waals surface area contributed by atoms with Crippen molar-refractivity contribution in [2.75, 3.05) is 13.2 Å². The van der Waals surface area contributed by atoms with Gasteiger partial charge in [0.2, 0.25) is 5.91 Å². The standard InChI is InChI=1S/C14H17N5O2/c15-8-12-5-3-7-19(12)14(20)13(16)10-21-18-9-11-4-1-2-6-17-11/h1-2,4,6,9,12-13H,3,5,7,10,16H2/t12-,13-/m0/s1. The topological polar surface area (TPSA) is 105 Å². The number of amides is 1. The Hall–Kier alpha value is -2.46. The molecule has 0 spiro atoms. The normalized spacial score (nSPS) is 19.4. The lowest BCUT2D eigenvalue weighted by atomic mass is 10.2. The smallest absolute Gasteiger partial charge is 0.244 e. The highest BCUT2D eigenvalue weighted by Gasteiger charge is 2.31. The Labute approximate surface area is 123 Å². The number of pyridine rings is 1. The molecule has 2 heterocycles. The average molecular weight is 287 g/mol. The van der Waals surface area contributed by atoms with E-state index in [2.05, 4.69) is 16.2 Å². The molecule has 1 aliphatic heterocycles. The van der Waals surface area contributed by atoms with Crippen LogP contribution in [-0.4, -0.2) is 47.2 Å². The van der Waals surface area contributed by atoms with Gasteiger partial charge >= 0.3 is 0 Å². The molecule has 0 aliphatic carbocycles. The van der Waals surface area contributed by atoms with Gasteiger partial charge in [0.15, 0.2) is 0 Å². The van der Waals surface area contributed by atoms with Crippen molar-refractivity contribution in [1.29, 1.82) is 5.26 Å². The van der Waals surface area contributed by atoms with E-state index in [1.54, 1.807) is 18.3 Å². The molecule has 1 aromatic heterocycles. The first-order chi connectivity index (χ1) is 10.2. The number of nitrogens with zero attached hydrogens (tertiary/aromatic N) is 4. The summed E-state index contributed by atoms with van der Waals surface area (Å²) in [6, 6.07) is 6.33. The molecule has 1 saturated heterocycles. The predicted octanol–water partition coefficient (Wildman–Crippen LogP) is 0.274. The zero-order chi connectivity index (χ0) is 15.1. The number of likely N-dealkylation sites (tertiary alicyclic amines) is 1. The Morgan fingerprint density at radius 3 is 3.29 bits per heavy atom. The first kappa shape index (κ1) is 14.9. The number of carbonyl (C=O) groups is 1. The number of hydrogen-bond donors (Lipinski definition) is 1. The van der Waals surface area contributed by atoms with Crippen LogP contribution in [0.3, 0.4) is 0 Å². The summed E-state index contributed by atoms with van der Waals surface area (Å²) in [5, 5.41) is 12.7. The monoisotopic (exact) mass is 287 g/mol. The number of rotatable bonds is 5. The minimum absolute atomic E-state index is 0.0309. The SMILES string of the molecule is N#C[C@@H]1CCCN1C(=O)[C@@H](N)CON=Cc1ccccn1. The number of nitriles is 1. The van der Waals surface area contributed by atoms with Gasteiger partial charge in [-0.3, -0.25) is 9.78 Å². The van der Waals surface area contributed by atoms with Gasteiger partial charge in [-0.2, -0.15) is 5.26 Å². The van der Waals surface area contributed by atoms with E-state index in [1.807, 2.05) is 6.07 Å². The molecule has 2 N–H and O–H groups in total. The van der Waals surface area contributed by atoms with E-state index >= 15 is 0 Å². The van der Waals surface area contributed by atoms with Crippen LogP contribution in [0.4, 0.5) is 0 Å². The van der Waals surface area contributed by atoms with Crippen molar-refractivity contribution in [3.05, 3.63) is 30.1 Å². The van der Waals surface area contributed by atoms with Gasteiger partial charge in [-0.05, 0) is 25.0 Å². The van der Waals surface area contributed by atoms with Crippen LogP contribution >= 0.6 is 0 Å². The second kappa shape index (κ2) is 7.36. The molecule has 0 radical (unpaired) electrons. The zero-order valence-electron chi connectivity index (χ0n) is 11.6. The summed E-state index contributed by atoms with van der Waals surface area (Å²) in [6.07, 6.45) is 4.63. The van der Waals surface area contributed by atoms with Crippen molar-refractivity contribution in [1.82, 2.24) is 9.88 Å². The second-order valence-electron chi connectivity index (χ2n) is 4.71. The minimum Gasteiger partial charge on any atom is -0.394 e. The van der Waals surface area contributed by atoms with Crippen LogP contribution in [-0.2, 0) is 9.63 Å². The Balaban J connectivity index is 1.79. The van der Waals surface area contributed by atoms with E-state index in [1.165, 1.54) is 11.1 Å². The van der Waals surface area contributed by atoms with E-state index in [0.717, 1.165) is 6.42 Å². The third-order valence-corrected chi connectivity index (χ3v) is 3.20. The highest BCUT2D eigenvalue weighted by Crippen LogP contribution is 2.17. The fraction of sp³-hybridized carbons (Fsp3) is 0.429. The average Bonchev–Trinajstić information content (AvgIpc) is 3.00. The van der Waals surface area contributed by atoms with Gasteiger partial charge in [-0.15, -0.1) is 0 Å². The molecule has 1 fully saturated rings. The Kier molecular flexibility index (Phi) is 5.23. The second-order valence-corrected chi connectivity index (χ2v) is 4.71. The fourth-order valence-corrected chi connectivity index (χ4v) is 2.12. The molecule has 2 atom stereocenters. The molecule has 0 unspecified atom stereocenters. The highest BCUT2D eigenvalue weighted by molar-refractivity contribution is 5.82. The van der Waals surface area contributed by atoms with E-state index in [0.29, 0.717) is 18.7 Å². The molecule has 110 valence electrons. The summed E-state index contributed by atoms with van der Waals surface area (Å²) < 4.78 is 0. The van der Waals surface area contributed by atoms with Gasteiger partial charge in [0.1, 0.15) is 18.7 Å². The molecule has 0 saturated carbocycles. The maximum absolute atomic E-state index is 12.1. The van der Waals surface area contributed by atoms with E-state index < -0.39 is 6.04 Å². The van der Waals surface area contributed by atoms with Crippen molar-refractivity contribution in [2.24, 2.45) is 10.9 Å². The van der Waals surface area contributed by atoms with Gasteiger partial charge in [-0.25, -0.2) is 0 Å². The number of nitrogens with two attached hydrogens (primary N) is 1. The zero-order valence-corrected chi connectivity index (χ0v) is 11.6. The van der Waals surface area contributed by atoms with Crippen molar-refractivity contribution >= 4 is 12.1 Å². The largest absolute Gasteiger partial charge is 0.394 e. The number of aromatic nitrogens is 1. The number of oxime groups is 1. The summed E-state index contributed by atoms with van der Waals surface area (Å²) in [4.78, 5) is 22.7. The summed E-state index contributed by atoms with van der Waals surface area (Å²) in [6.45, 7) is 0.540. The number of hydrogen-bond acceptors (Lipinski definition) is 6. The van der Waals surface area contributed by atoms with Gasteiger partial charge in [0.25, 0.3) is 0 Å². The van der Waals surface area contributed by atoms with Crippen LogP contribution in [0.15, 0.2) is 29.6 Å². The third kappa shape index (κ3) is 4.00. The third-order valence-electron chi connectivity index (χ3n) is 3.20. The van der Waals surface area contributed by atoms with Crippen molar-refractivity contribution in [3.8, 4) is 6.07 Å². The molecule has 7 heteroatoms. The van der Waals surface area contributed by atoms with Crippen molar-refractivity contribution in [3.63, 3.8) is 0 Å². The van der Waals surface area contributed by atoms with Gasteiger partial charge in [-0.1, -0.05) is 11.2 Å². The molecule has 1 aromatic rings. The Bertz CT molecular complexity index is 540. The van der Waals surface area contributed by atoms with Gasteiger partial charge in [0, 0.05) is 12.7 Å². The summed E-state index contributed by atoms with van der Waals surface area (Å²) in [5.41, 5.74) is 6.43. The van der Waals surface area contributed by atoms with Crippen LogP contribution in [0.5, 0.6) is 0 Å². The maximum Gasteiger partial charge on any atom is 0.244 e. The van der Waals surface area contributed by atoms with Gasteiger partial charge < -0.3 is 15.5 Å². The summed E-state index contributed by atoms with van der Waals surface area (Å²) in [7, 11) is 0. The maximum atomic E-state index is 12.1. The predicted molar refractivity (Wildman–Crippen MR) is 76.1 cm³/mol. The summed E-state index contributed by atoms with van der Waals surface area (Å²) in [5.74, 6) is -0.271. The van der Waals surface area contributed by atoms with Crippen LogP contribution in [0.1, 0.15) is 18.5 Å². The molecule has 7 nitrogen and oxygen atoms in total. The molecule has 2 rings (SSSR count). The molecule has 21 heavy (non-hydrogen) atoms. The lowest BCUT2D eigenvalue weighted by Gasteiger charge is -2.22. The Morgan fingerprint density at radius 1 is 1.71 bits per heavy atom. The van der Waals surface area contributed by atoms with E-state index in [-0.39, 0.29) is 18.6 Å². The lowest BCUT2D eigenvalue weighted by Crippen LogP contribution is -2.47.